The van der Waals surface area contributed by atoms with Gasteiger partial charge in [0.05, 0.1) is 5.69 Å². The molecule has 6 nitrogen and oxygen atoms in total. The Hall–Kier alpha value is -3.16. The van der Waals surface area contributed by atoms with E-state index in [1.54, 1.807) is 11.3 Å². The Labute approximate surface area is 191 Å². The maximum Gasteiger partial charge on any atom is 0.253 e. The standard InChI is InChI=1S/C25H26N4O2S/c1-19-4-9-24-26-21(16-29(24)15-19)18-31-22-7-5-20(6-8-22)25(30)28-12-10-27(11-13-28)17-23-3-2-14-32-23/h2-9,14-16H,10-13,17-18H2,1H3. The highest BCUT2D eigenvalue weighted by Crippen LogP contribution is 2.18. The van der Waals surface area contributed by atoms with E-state index in [0.29, 0.717) is 12.2 Å². The van der Waals surface area contributed by atoms with E-state index in [9.17, 15) is 4.79 Å². The van der Waals surface area contributed by atoms with Crippen LogP contribution in [0.15, 0.2) is 66.3 Å². The van der Waals surface area contributed by atoms with E-state index in [4.69, 9.17) is 4.74 Å². The number of rotatable bonds is 6. The van der Waals surface area contributed by atoms with Crippen molar-refractivity contribution < 1.29 is 9.53 Å². The molecule has 0 saturated carbocycles. The summed E-state index contributed by atoms with van der Waals surface area (Å²) >= 11 is 1.79. The summed E-state index contributed by atoms with van der Waals surface area (Å²) in [6.45, 7) is 6.75. The zero-order chi connectivity index (χ0) is 21.9. The third-order valence-corrected chi connectivity index (χ3v) is 6.62. The highest BCUT2D eigenvalue weighted by Gasteiger charge is 2.22. The fourth-order valence-corrected chi connectivity index (χ4v) is 4.74. The summed E-state index contributed by atoms with van der Waals surface area (Å²) in [6, 6.07) is 15.7. The van der Waals surface area contributed by atoms with E-state index >= 15 is 0 Å². The number of hydrogen-bond acceptors (Lipinski definition) is 5. The Morgan fingerprint density at radius 2 is 1.84 bits per heavy atom. The van der Waals surface area contributed by atoms with Crippen LogP contribution in [0.2, 0.25) is 0 Å². The molecule has 1 aliphatic rings. The van der Waals surface area contributed by atoms with Crippen LogP contribution in [0.5, 0.6) is 5.75 Å². The lowest BCUT2D eigenvalue weighted by molar-refractivity contribution is 0.0629. The molecule has 0 unspecified atom stereocenters. The van der Waals surface area contributed by atoms with Crippen molar-refractivity contribution in [3.63, 3.8) is 0 Å². The molecule has 0 spiro atoms. The number of imidazole rings is 1. The van der Waals surface area contributed by atoms with Gasteiger partial charge in [0.1, 0.15) is 18.0 Å². The summed E-state index contributed by atoms with van der Waals surface area (Å²) < 4.78 is 7.90. The van der Waals surface area contributed by atoms with E-state index in [1.165, 1.54) is 10.4 Å². The summed E-state index contributed by atoms with van der Waals surface area (Å²) in [5, 5.41) is 2.11. The molecule has 7 heteroatoms. The number of ether oxygens (including phenoxy) is 1. The minimum absolute atomic E-state index is 0.0862. The molecule has 1 fully saturated rings. The van der Waals surface area contributed by atoms with Crippen molar-refractivity contribution in [1.29, 1.82) is 0 Å². The van der Waals surface area contributed by atoms with E-state index in [1.807, 2.05) is 58.1 Å². The molecular weight excluding hydrogens is 420 g/mol. The molecular formula is C25H26N4O2S. The zero-order valence-electron chi connectivity index (χ0n) is 18.1. The minimum atomic E-state index is 0.0862. The number of aromatic nitrogens is 2. The van der Waals surface area contributed by atoms with Crippen LogP contribution in [-0.2, 0) is 13.2 Å². The van der Waals surface area contributed by atoms with Crippen molar-refractivity contribution in [3.8, 4) is 5.75 Å². The number of piperazine rings is 1. The Morgan fingerprint density at radius 1 is 1.03 bits per heavy atom. The van der Waals surface area contributed by atoms with E-state index in [2.05, 4.69) is 34.3 Å². The number of pyridine rings is 1. The van der Waals surface area contributed by atoms with Gasteiger partial charge in [-0.25, -0.2) is 4.98 Å². The molecule has 32 heavy (non-hydrogen) atoms. The quantitative estimate of drug-likeness (QED) is 0.445. The average molecular weight is 447 g/mol. The van der Waals surface area contributed by atoms with Crippen molar-refractivity contribution in [3.05, 3.63) is 88.0 Å². The third-order valence-electron chi connectivity index (χ3n) is 5.76. The number of nitrogens with zero attached hydrogens (tertiary/aromatic N) is 4. The van der Waals surface area contributed by atoms with Gasteiger partial charge >= 0.3 is 0 Å². The first-order valence-corrected chi connectivity index (χ1v) is 11.7. The van der Waals surface area contributed by atoms with Crippen LogP contribution in [0.25, 0.3) is 5.65 Å². The summed E-state index contributed by atoms with van der Waals surface area (Å²) in [4.78, 5) is 23.2. The first-order chi connectivity index (χ1) is 15.6. The molecule has 4 aromatic rings. The topological polar surface area (TPSA) is 50.1 Å². The molecule has 3 aromatic heterocycles. The Bertz CT molecular complexity index is 1190. The monoisotopic (exact) mass is 446 g/mol. The second-order valence-corrected chi connectivity index (χ2v) is 9.20. The van der Waals surface area contributed by atoms with Crippen LogP contribution < -0.4 is 4.74 Å². The SMILES string of the molecule is Cc1ccc2nc(COc3ccc(C(=O)N4CCN(Cc5cccs5)CC4)cc3)cn2c1. The van der Waals surface area contributed by atoms with E-state index in [0.717, 1.165) is 49.8 Å². The van der Waals surface area contributed by atoms with Crippen LogP contribution in [0.3, 0.4) is 0 Å². The van der Waals surface area contributed by atoms with Crippen LogP contribution in [0.1, 0.15) is 26.5 Å². The van der Waals surface area contributed by atoms with Gasteiger partial charge in [-0.2, -0.15) is 0 Å². The molecule has 4 heterocycles. The normalized spacial score (nSPS) is 14.7. The summed E-state index contributed by atoms with van der Waals surface area (Å²) in [5.74, 6) is 0.818. The highest BCUT2D eigenvalue weighted by molar-refractivity contribution is 7.09. The van der Waals surface area contributed by atoms with Gasteiger partial charge in [0.2, 0.25) is 0 Å². The van der Waals surface area contributed by atoms with Gasteiger partial charge < -0.3 is 14.0 Å². The van der Waals surface area contributed by atoms with Crippen molar-refractivity contribution >= 4 is 22.9 Å². The van der Waals surface area contributed by atoms with Crippen LogP contribution >= 0.6 is 11.3 Å². The fourth-order valence-electron chi connectivity index (χ4n) is 3.99. The van der Waals surface area contributed by atoms with Crippen LogP contribution in [0, 0.1) is 6.92 Å². The smallest absolute Gasteiger partial charge is 0.253 e. The van der Waals surface area contributed by atoms with Gasteiger partial charge in [-0.1, -0.05) is 12.1 Å². The molecule has 164 valence electrons. The largest absolute Gasteiger partial charge is 0.487 e. The van der Waals surface area contributed by atoms with Crippen molar-refractivity contribution in [2.75, 3.05) is 26.2 Å². The molecule has 0 atom stereocenters. The summed E-state index contributed by atoms with van der Waals surface area (Å²) in [6.07, 6.45) is 4.03. The molecule has 1 aromatic carbocycles. The van der Waals surface area contributed by atoms with Gasteiger partial charge in [0.25, 0.3) is 5.91 Å². The second kappa shape index (κ2) is 9.14. The lowest BCUT2D eigenvalue weighted by Gasteiger charge is -2.34. The molecule has 0 N–H and O–H groups in total. The number of carbonyl (C=O) groups excluding carboxylic acids is 1. The number of amides is 1. The lowest BCUT2D eigenvalue weighted by Crippen LogP contribution is -2.48. The van der Waals surface area contributed by atoms with Crippen molar-refractivity contribution in [2.45, 2.75) is 20.1 Å². The summed E-state index contributed by atoms with van der Waals surface area (Å²) in [5.41, 5.74) is 3.67. The summed E-state index contributed by atoms with van der Waals surface area (Å²) in [7, 11) is 0. The van der Waals surface area contributed by atoms with Gasteiger partial charge in [0, 0.05) is 55.6 Å². The number of hydrogen-bond donors (Lipinski definition) is 0. The molecule has 0 bridgehead atoms. The van der Waals surface area contributed by atoms with Crippen LogP contribution in [0.4, 0.5) is 0 Å². The van der Waals surface area contributed by atoms with Gasteiger partial charge in [-0.3, -0.25) is 9.69 Å². The number of fused-ring (bicyclic) bond motifs is 1. The Balaban J connectivity index is 1.14. The predicted molar refractivity (Wildman–Crippen MR) is 126 cm³/mol. The van der Waals surface area contributed by atoms with Crippen LogP contribution in [-0.4, -0.2) is 51.3 Å². The van der Waals surface area contributed by atoms with E-state index in [-0.39, 0.29) is 5.91 Å². The first kappa shape index (κ1) is 20.7. The molecule has 5 rings (SSSR count). The molecule has 1 saturated heterocycles. The lowest BCUT2D eigenvalue weighted by atomic mass is 10.1. The van der Waals surface area contributed by atoms with E-state index < -0.39 is 0 Å². The molecule has 0 aliphatic carbocycles. The second-order valence-electron chi connectivity index (χ2n) is 8.16. The van der Waals surface area contributed by atoms with Gasteiger partial charge in [-0.05, 0) is 54.3 Å². The fraction of sp³-hybridized carbons (Fsp3) is 0.280. The molecule has 1 amide bonds. The molecule has 1 aliphatic heterocycles. The van der Waals surface area contributed by atoms with Gasteiger partial charge in [-0.15, -0.1) is 11.3 Å². The minimum Gasteiger partial charge on any atom is -0.487 e. The zero-order valence-corrected chi connectivity index (χ0v) is 18.9. The van der Waals surface area contributed by atoms with Crippen molar-refractivity contribution in [1.82, 2.24) is 19.2 Å². The molecule has 0 radical (unpaired) electrons. The number of aryl methyl sites for hydroxylation is 1. The average Bonchev–Trinajstić information content (AvgIpc) is 3.47. The highest BCUT2D eigenvalue weighted by atomic mass is 32.1. The number of benzene rings is 1. The first-order valence-electron chi connectivity index (χ1n) is 10.9. The number of carbonyl (C=O) groups is 1. The third kappa shape index (κ3) is 4.69. The van der Waals surface area contributed by atoms with Crippen molar-refractivity contribution in [2.24, 2.45) is 0 Å². The van der Waals surface area contributed by atoms with Gasteiger partial charge in [0.15, 0.2) is 0 Å². The maximum absolute atomic E-state index is 12.9. The maximum atomic E-state index is 12.9. The Morgan fingerprint density at radius 3 is 2.59 bits per heavy atom. The Kier molecular flexibility index (Phi) is 5.92. The number of thiophene rings is 1. The predicted octanol–water partition coefficient (Wildman–Crippen LogP) is 4.24.